The smallest absolute Gasteiger partial charge is 0.185 e. The molecule has 0 fully saturated rings. The Bertz CT molecular complexity index is 84.3. The first-order valence-corrected chi connectivity index (χ1v) is 2.72. The zero-order valence-electron chi connectivity index (χ0n) is 5.31. The van der Waals surface area contributed by atoms with Gasteiger partial charge in [-0.3, -0.25) is 5.41 Å². The van der Waals surface area contributed by atoms with E-state index in [1.807, 2.05) is 0 Å². The van der Waals surface area contributed by atoms with E-state index < -0.39 is 0 Å². The van der Waals surface area contributed by atoms with E-state index in [1.165, 1.54) is 0 Å². The predicted molar refractivity (Wildman–Crippen MR) is 36.1 cm³/mol. The molecule has 0 bridgehead atoms. The molecule has 1 radical (unpaired) electrons. The summed E-state index contributed by atoms with van der Waals surface area (Å²) in [5.74, 6) is -0.0253. The van der Waals surface area contributed by atoms with Gasteiger partial charge in [0.1, 0.15) is 0 Å². The van der Waals surface area contributed by atoms with Crippen molar-refractivity contribution in [3.05, 3.63) is 6.92 Å². The number of nitrogens with two attached hydrogens (primary N) is 1. The molecule has 0 aliphatic carbocycles. The molecule has 0 aliphatic rings. The summed E-state index contributed by atoms with van der Waals surface area (Å²) in [6, 6.07) is 0. The van der Waals surface area contributed by atoms with Crippen LogP contribution in [0.15, 0.2) is 0 Å². The number of hydrogen-bond acceptors (Lipinski definition) is 2. The minimum Gasteiger partial charge on any atom is -0.380 e. The highest BCUT2D eigenvalue weighted by Gasteiger charge is 1.84. The van der Waals surface area contributed by atoms with Gasteiger partial charge in [-0.05, 0) is 6.92 Å². The highest BCUT2D eigenvalue weighted by Crippen LogP contribution is 1.67. The quantitative estimate of drug-likeness (QED) is 0.268. The number of guanidine groups is 1. The van der Waals surface area contributed by atoms with Crippen LogP contribution in [0.4, 0.5) is 0 Å². The van der Waals surface area contributed by atoms with Crippen molar-refractivity contribution in [2.45, 2.75) is 0 Å². The van der Waals surface area contributed by atoms with Gasteiger partial charge in [-0.1, -0.05) is 0 Å². The van der Waals surface area contributed by atoms with Crippen molar-refractivity contribution in [2.75, 3.05) is 19.8 Å². The molecule has 53 valence electrons. The van der Waals surface area contributed by atoms with Crippen molar-refractivity contribution in [3.8, 4) is 0 Å². The Morgan fingerprint density at radius 1 is 1.78 bits per heavy atom. The summed E-state index contributed by atoms with van der Waals surface area (Å²) >= 11 is 0. The minimum atomic E-state index is -0.0253. The van der Waals surface area contributed by atoms with Crippen LogP contribution in [0.25, 0.3) is 0 Å². The topological polar surface area (TPSA) is 71.1 Å². The summed E-state index contributed by atoms with van der Waals surface area (Å²) in [6.07, 6.45) is 0. The first-order chi connectivity index (χ1) is 4.27. The fraction of sp³-hybridized carbons (Fsp3) is 0.600. The van der Waals surface area contributed by atoms with Crippen LogP contribution in [0, 0.1) is 12.3 Å². The molecule has 0 saturated carbocycles. The Morgan fingerprint density at radius 2 is 2.44 bits per heavy atom. The van der Waals surface area contributed by atoms with E-state index in [9.17, 15) is 0 Å². The molecule has 4 N–H and O–H groups in total. The van der Waals surface area contributed by atoms with E-state index in [4.69, 9.17) is 15.9 Å². The highest BCUT2D eigenvalue weighted by molar-refractivity contribution is 5.74. The second-order valence-electron chi connectivity index (χ2n) is 1.45. The number of hydrogen-bond donors (Lipinski definition) is 3. The van der Waals surface area contributed by atoms with Gasteiger partial charge >= 0.3 is 0 Å². The van der Waals surface area contributed by atoms with E-state index in [0.29, 0.717) is 19.8 Å². The Morgan fingerprint density at radius 3 is 2.89 bits per heavy atom. The van der Waals surface area contributed by atoms with E-state index in [0.717, 1.165) is 0 Å². The van der Waals surface area contributed by atoms with Crippen LogP contribution >= 0.6 is 0 Å². The SMILES string of the molecule is [CH2]COCCNC(=N)N. The molecule has 0 heterocycles. The largest absolute Gasteiger partial charge is 0.380 e. The maximum Gasteiger partial charge on any atom is 0.185 e. The maximum absolute atomic E-state index is 6.73. The molecule has 4 nitrogen and oxygen atoms in total. The first-order valence-electron chi connectivity index (χ1n) is 2.72. The van der Waals surface area contributed by atoms with Crippen molar-refractivity contribution in [1.29, 1.82) is 5.41 Å². The van der Waals surface area contributed by atoms with Crippen molar-refractivity contribution < 1.29 is 4.74 Å². The standard InChI is InChI=1S/C5H12N3O/c1-2-9-4-3-8-5(6)7/h1-4H2,(H4,6,7,8). The first kappa shape index (κ1) is 8.23. The molecule has 0 aliphatic heterocycles. The fourth-order valence-corrected chi connectivity index (χ4v) is 0.360. The van der Waals surface area contributed by atoms with Crippen molar-refractivity contribution >= 4 is 5.96 Å². The lowest BCUT2D eigenvalue weighted by Crippen LogP contribution is -2.32. The van der Waals surface area contributed by atoms with E-state index in [2.05, 4.69) is 12.2 Å². The predicted octanol–water partition coefficient (Wildman–Crippen LogP) is -0.680. The van der Waals surface area contributed by atoms with Crippen molar-refractivity contribution in [2.24, 2.45) is 5.73 Å². The van der Waals surface area contributed by atoms with Crippen LogP contribution in [0.1, 0.15) is 0 Å². The molecule has 0 saturated heterocycles. The molecule has 0 aromatic heterocycles. The number of nitrogens with one attached hydrogen (secondary N) is 2. The summed E-state index contributed by atoms with van der Waals surface area (Å²) in [7, 11) is 0. The van der Waals surface area contributed by atoms with Crippen LogP contribution in [0.5, 0.6) is 0 Å². The molecule has 0 unspecified atom stereocenters. The van der Waals surface area contributed by atoms with E-state index in [-0.39, 0.29) is 5.96 Å². The molecule has 9 heavy (non-hydrogen) atoms. The normalized spacial score (nSPS) is 9.00. The Hall–Kier alpha value is -0.770. The van der Waals surface area contributed by atoms with Crippen LogP contribution < -0.4 is 11.1 Å². The number of ether oxygens (including phenoxy) is 1. The average molecular weight is 130 g/mol. The third kappa shape index (κ3) is 7.23. The average Bonchev–Trinajstić information content (AvgIpc) is 1.80. The second-order valence-corrected chi connectivity index (χ2v) is 1.45. The molecule has 0 aromatic rings. The summed E-state index contributed by atoms with van der Waals surface area (Å²) in [5.41, 5.74) is 4.98. The monoisotopic (exact) mass is 130 g/mol. The van der Waals surface area contributed by atoms with Gasteiger partial charge < -0.3 is 15.8 Å². The molecular formula is C5H12N3O. The van der Waals surface area contributed by atoms with Crippen LogP contribution in [0.3, 0.4) is 0 Å². The highest BCUT2D eigenvalue weighted by atomic mass is 16.5. The summed E-state index contributed by atoms with van der Waals surface area (Å²) in [4.78, 5) is 0. The van der Waals surface area contributed by atoms with Gasteiger partial charge in [-0.15, -0.1) is 0 Å². The lowest BCUT2D eigenvalue weighted by molar-refractivity contribution is 0.166. The molecule has 0 amide bonds. The summed E-state index contributed by atoms with van der Waals surface area (Å²) < 4.78 is 4.86. The lowest BCUT2D eigenvalue weighted by atomic mass is 10.7. The Labute approximate surface area is 54.9 Å². The maximum atomic E-state index is 6.73. The lowest BCUT2D eigenvalue weighted by Gasteiger charge is -2.01. The van der Waals surface area contributed by atoms with E-state index in [1.54, 1.807) is 0 Å². The summed E-state index contributed by atoms with van der Waals surface area (Å²) in [6.45, 7) is 5.04. The van der Waals surface area contributed by atoms with Crippen LogP contribution in [0.2, 0.25) is 0 Å². The van der Waals surface area contributed by atoms with Gasteiger partial charge in [-0.25, -0.2) is 0 Å². The molecule has 0 spiro atoms. The summed E-state index contributed by atoms with van der Waals surface area (Å²) in [5, 5.41) is 9.31. The molecule has 0 atom stereocenters. The zero-order chi connectivity index (χ0) is 7.11. The van der Waals surface area contributed by atoms with Gasteiger partial charge in [-0.2, -0.15) is 0 Å². The Kier molecular flexibility index (Phi) is 4.91. The van der Waals surface area contributed by atoms with Gasteiger partial charge in [0.2, 0.25) is 0 Å². The van der Waals surface area contributed by atoms with Gasteiger partial charge in [0.05, 0.1) is 6.61 Å². The van der Waals surface area contributed by atoms with Gasteiger partial charge in [0.15, 0.2) is 5.96 Å². The molecule has 0 rings (SSSR count). The third-order valence-corrected chi connectivity index (χ3v) is 0.706. The third-order valence-electron chi connectivity index (χ3n) is 0.706. The van der Waals surface area contributed by atoms with Crippen LogP contribution in [-0.4, -0.2) is 25.7 Å². The van der Waals surface area contributed by atoms with Gasteiger partial charge in [0, 0.05) is 13.2 Å². The Balaban J connectivity index is 2.83. The fourth-order valence-electron chi connectivity index (χ4n) is 0.360. The zero-order valence-corrected chi connectivity index (χ0v) is 5.31. The molecule has 4 heteroatoms. The minimum absolute atomic E-state index is 0.0253. The van der Waals surface area contributed by atoms with Gasteiger partial charge in [0.25, 0.3) is 0 Å². The van der Waals surface area contributed by atoms with Crippen LogP contribution in [-0.2, 0) is 4.74 Å². The molecular weight excluding hydrogens is 118 g/mol. The van der Waals surface area contributed by atoms with E-state index >= 15 is 0 Å². The number of rotatable bonds is 4. The van der Waals surface area contributed by atoms with Crippen molar-refractivity contribution in [3.63, 3.8) is 0 Å². The molecule has 0 aromatic carbocycles. The second kappa shape index (κ2) is 5.37. The van der Waals surface area contributed by atoms with Crippen molar-refractivity contribution in [1.82, 2.24) is 5.32 Å².